The topological polar surface area (TPSA) is 45.2 Å². The van der Waals surface area contributed by atoms with E-state index in [0.29, 0.717) is 31.4 Å². The van der Waals surface area contributed by atoms with E-state index in [1.807, 2.05) is 12.1 Å². The Balaban J connectivity index is 0.00000264. The summed E-state index contributed by atoms with van der Waals surface area (Å²) in [6.45, 7) is 6.07. The number of aliphatic hydroxyl groups is 1. The van der Waals surface area contributed by atoms with Crippen LogP contribution in [0.25, 0.3) is 0 Å². The van der Waals surface area contributed by atoms with Crippen LogP contribution in [-0.4, -0.2) is 80.6 Å². The zero-order chi connectivity index (χ0) is 15.8. The molecule has 1 unspecified atom stereocenters. The van der Waals surface area contributed by atoms with Crippen LogP contribution in [0, 0.1) is 0 Å². The van der Waals surface area contributed by atoms with Crippen molar-refractivity contribution in [3.8, 4) is 5.75 Å². The highest BCUT2D eigenvalue weighted by Crippen LogP contribution is 2.15. The Bertz CT molecular complexity index is 429. The fourth-order valence-electron chi connectivity index (χ4n) is 2.35. The van der Waals surface area contributed by atoms with Gasteiger partial charge in [-0.15, -0.1) is 24.8 Å². The van der Waals surface area contributed by atoms with E-state index in [4.69, 9.17) is 21.1 Å². The third-order valence-electron chi connectivity index (χ3n) is 3.69. The van der Waals surface area contributed by atoms with Crippen LogP contribution in [0.15, 0.2) is 24.3 Å². The second kappa shape index (κ2) is 13.0. The summed E-state index contributed by atoms with van der Waals surface area (Å²) < 4.78 is 11.0. The molecule has 0 spiro atoms. The number of benzene rings is 1. The molecule has 0 amide bonds. The molecule has 0 aliphatic carbocycles. The molecular formula is C16H27Cl3N2O3. The minimum Gasteiger partial charge on any atom is -0.491 e. The Kier molecular flexibility index (Phi) is 12.9. The molecule has 5 nitrogen and oxygen atoms in total. The highest BCUT2D eigenvalue weighted by Gasteiger charge is 2.16. The predicted octanol–water partition coefficient (Wildman–Crippen LogP) is 2.19. The molecule has 8 heteroatoms. The van der Waals surface area contributed by atoms with Crippen LogP contribution in [0.4, 0.5) is 0 Å². The molecule has 1 heterocycles. The Labute approximate surface area is 161 Å². The molecule has 1 N–H and O–H groups in total. The number of β-amino-alcohol motifs (C(OH)–C–C–N with tert-alkyl or cyclic N) is 1. The summed E-state index contributed by atoms with van der Waals surface area (Å²) in [6, 6.07) is 7.23. The standard InChI is InChI=1S/C16H25ClN2O3.2ClH/c1-18-6-8-19(9-7-18)12-15(20)13-21-10-11-22-16-4-2-14(17)3-5-16;;/h2-5,15,20H,6-13H2,1H3;2*1H. The van der Waals surface area contributed by atoms with Crippen LogP contribution in [-0.2, 0) is 4.74 Å². The van der Waals surface area contributed by atoms with Crippen molar-refractivity contribution in [2.75, 3.05) is 59.6 Å². The minimum absolute atomic E-state index is 0. The molecule has 0 aromatic heterocycles. The first-order chi connectivity index (χ1) is 10.6. The SMILES string of the molecule is CN1CCN(CC(O)COCCOc2ccc(Cl)cc2)CC1.Cl.Cl. The number of rotatable bonds is 8. The van der Waals surface area contributed by atoms with Crippen LogP contribution in [0.3, 0.4) is 0 Å². The number of ether oxygens (including phenoxy) is 2. The van der Waals surface area contributed by atoms with E-state index in [9.17, 15) is 5.11 Å². The van der Waals surface area contributed by atoms with Gasteiger partial charge < -0.3 is 19.5 Å². The number of hydrogen-bond acceptors (Lipinski definition) is 5. The molecule has 1 atom stereocenters. The monoisotopic (exact) mass is 400 g/mol. The van der Waals surface area contributed by atoms with Gasteiger partial charge in [0.25, 0.3) is 0 Å². The smallest absolute Gasteiger partial charge is 0.119 e. The van der Waals surface area contributed by atoms with E-state index in [2.05, 4.69) is 16.8 Å². The first kappa shape index (κ1) is 23.7. The fourth-order valence-corrected chi connectivity index (χ4v) is 2.48. The van der Waals surface area contributed by atoms with Crippen molar-refractivity contribution in [1.82, 2.24) is 9.80 Å². The van der Waals surface area contributed by atoms with Gasteiger partial charge in [-0.3, -0.25) is 4.90 Å². The molecule has 0 bridgehead atoms. The molecule has 1 aliphatic heterocycles. The summed E-state index contributed by atoms with van der Waals surface area (Å²) in [5.74, 6) is 0.769. The van der Waals surface area contributed by atoms with Crippen molar-refractivity contribution < 1.29 is 14.6 Å². The van der Waals surface area contributed by atoms with Gasteiger partial charge in [0.15, 0.2) is 0 Å². The quantitative estimate of drug-likeness (QED) is 0.677. The van der Waals surface area contributed by atoms with E-state index in [-0.39, 0.29) is 24.8 Å². The number of aliphatic hydroxyl groups excluding tert-OH is 1. The molecule has 1 aromatic rings. The Morgan fingerprint density at radius 1 is 1.08 bits per heavy atom. The first-order valence-corrected chi connectivity index (χ1v) is 8.06. The van der Waals surface area contributed by atoms with Gasteiger partial charge in [-0.05, 0) is 31.3 Å². The summed E-state index contributed by atoms with van der Waals surface area (Å²) in [6.07, 6.45) is -0.445. The van der Waals surface area contributed by atoms with Crippen molar-refractivity contribution in [3.05, 3.63) is 29.3 Å². The van der Waals surface area contributed by atoms with Crippen molar-refractivity contribution in [2.24, 2.45) is 0 Å². The zero-order valence-electron chi connectivity index (χ0n) is 13.9. The second-order valence-electron chi connectivity index (χ2n) is 5.64. The number of likely N-dealkylation sites (N-methyl/N-ethyl adjacent to an activating group) is 1. The summed E-state index contributed by atoms with van der Waals surface area (Å²) in [7, 11) is 2.12. The van der Waals surface area contributed by atoms with Crippen LogP contribution >= 0.6 is 36.4 Å². The number of piperazine rings is 1. The van der Waals surface area contributed by atoms with Gasteiger partial charge >= 0.3 is 0 Å². The lowest BCUT2D eigenvalue weighted by Gasteiger charge is -2.33. The number of hydrogen-bond donors (Lipinski definition) is 1. The van der Waals surface area contributed by atoms with Crippen LogP contribution in [0.5, 0.6) is 5.75 Å². The van der Waals surface area contributed by atoms with Gasteiger partial charge in [-0.25, -0.2) is 0 Å². The van der Waals surface area contributed by atoms with Gasteiger partial charge in [-0.1, -0.05) is 11.6 Å². The lowest BCUT2D eigenvalue weighted by atomic mass is 10.3. The maximum Gasteiger partial charge on any atom is 0.119 e. The molecule has 2 rings (SSSR count). The van der Waals surface area contributed by atoms with Gasteiger partial charge in [0.05, 0.1) is 19.3 Å². The number of halogens is 3. The normalized spacial score (nSPS) is 16.8. The van der Waals surface area contributed by atoms with Gasteiger partial charge in [0.1, 0.15) is 12.4 Å². The van der Waals surface area contributed by atoms with E-state index in [0.717, 1.165) is 31.9 Å². The summed E-state index contributed by atoms with van der Waals surface area (Å²) in [5, 5.41) is 10.7. The maximum absolute atomic E-state index is 9.98. The Hall–Kier alpha value is -0.270. The van der Waals surface area contributed by atoms with E-state index >= 15 is 0 Å². The average molecular weight is 402 g/mol. The van der Waals surface area contributed by atoms with E-state index < -0.39 is 6.10 Å². The predicted molar refractivity (Wildman–Crippen MR) is 102 cm³/mol. The highest BCUT2D eigenvalue weighted by atomic mass is 35.5. The second-order valence-corrected chi connectivity index (χ2v) is 6.07. The summed E-state index contributed by atoms with van der Waals surface area (Å²) in [5.41, 5.74) is 0. The lowest BCUT2D eigenvalue weighted by molar-refractivity contribution is 0.00150. The molecule has 1 saturated heterocycles. The average Bonchev–Trinajstić information content (AvgIpc) is 2.51. The highest BCUT2D eigenvalue weighted by molar-refractivity contribution is 6.30. The minimum atomic E-state index is -0.445. The van der Waals surface area contributed by atoms with E-state index in [1.165, 1.54) is 0 Å². The fraction of sp³-hybridized carbons (Fsp3) is 0.625. The molecule has 1 aliphatic rings. The first-order valence-electron chi connectivity index (χ1n) is 7.68. The molecular weight excluding hydrogens is 375 g/mol. The third-order valence-corrected chi connectivity index (χ3v) is 3.94. The van der Waals surface area contributed by atoms with Crippen molar-refractivity contribution >= 4 is 36.4 Å². The largest absolute Gasteiger partial charge is 0.491 e. The Morgan fingerprint density at radius 2 is 1.71 bits per heavy atom. The molecule has 0 radical (unpaired) electrons. The van der Waals surface area contributed by atoms with Crippen LogP contribution in [0.2, 0.25) is 5.02 Å². The molecule has 1 aromatic carbocycles. The summed E-state index contributed by atoms with van der Waals surface area (Å²) >= 11 is 5.80. The molecule has 1 fully saturated rings. The van der Waals surface area contributed by atoms with Gasteiger partial charge in [0, 0.05) is 37.7 Å². The van der Waals surface area contributed by atoms with Crippen LogP contribution < -0.4 is 4.74 Å². The number of nitrogens with zero attached hydrogens (tertiary/aromatic N) is 2. The van der Waals surface area contributed by atoms with Gasteiger partial charge in [-0.2, -0.15) is 0 Å². The third kappa shape index (κ3) is 9.28. The molecule has 140 valence electrons. The Morgan fingerprint density at radius 3 is 2.33 bits per heavy atom. The lowest BCUT2D eigenvalue weighted by Crippen LogP contribution is -2.47. The summed E-state index contributed by atoms with van der Waals surface area (Å²) in [4.78, 5) is 4.58. The van der Waals surface area contributed by atoms with Gasteiger partial charge in [0.2, 0.25) is 0 Å². The zero-order valence-corrected chi connectivity index (χ0v) is 16.3. The van der Waals surface area contributed by atoms with Crippen molar-refractivity contribution in [1.29, 1.82) is 0 Å². The maximum atomic E-state index is 9.98. The molecule has 24 heavy (non-hydrogen) atoms. The molecule has 0 saturated carbocycles. The van der Waals surface area contributed by atoms with Crippen molar-refractivity contribution in [2.45, 2.75) is 6.10 Å². The van der Waals surface area contributed by atoms with Crippen molar-refractivity contribution in [3.63, 3.8) is 0 Å². The van der Waals surface area contributed by atoms with E-state index in [1.54, 1.807) is 12.1 Å². The van der Waals surface area contributed by atoms with Crippen LogP contribution in [0.1, 0.15) is 0 Å².